The van der Waals surface area contributed by atoms with E-state index in [4.69, 9.17) is 10.00 Å². The zero-order chi connectivity index (χ0) is 18.9. The van der Waals surface area contributed by atoms with E-state index in [1.54, 1.807) is 0 Å². The molecule has 2 aliphatic rings. The normalized spacial score (nSPS) is 28.3. The lowest BCUT2D eigenvalue weighted by molar-refractivity contribution is -0.0965. The number of nitriles is 1. The van der Waals surface area contributed by atoms with Gasteiger partial charge < -0.3 is 14.7 Å². The van der Waals surface area contributed by atoms with E-state index in [-0.39, 0.29) is 18.2 Å². The third kappa shape index (κ3) is 3.86. The van der Waals surface area contributed by atoms with E-state index in [9.17, 15) is 9.90 Å². The number of rotatable bonds is 2. The topological polar surface area (TPSA) is 73.6 Å². The summed E-state index contributed by atoms with van der Waals surface area (Å²) in [6, 6.07) is 9.81. The van der Waals surface area contributed by atoms with Crippen LogP contribution < -0.4 is 0 Å². The van der Waals surface area contributed by atoms with E-state index in [2.05, 4.69) is 6.07 Å². The van der Waals surface area contributed by atoms with Gasteiger partial charge in [-0.25, -0.2) is 4.79 Å². The number of hydrogen-bond acceptors (Lipinski definition) is 4. The third-order valence-electron chi connectivity index (χ3n) is 5.39. The van der Waals surface area contributed by atoms with Crippen LogP contribution >= 0.6 is 0 Å². The summed E-state index contributed by atoms with van der Waals surface area (Å²) >= 11 is 0. The van der Waals surface area contributed by atoms with Crippen LogP contribution in [-0.4, -0.2) is 33.8 Å². The van der Waals surface area contributed by atoms with E-state index in [0.717, 1.165) is 30.4 Å². The highest BCUT2D eigenvalue weighted by Crippen LogP contribution is 2.44. The molecule has 2 aliphatic heterocycles. The number of aliphatic hydroxyl groups is 1. The van der Waals surface area contributed by atoms with E-state index >= 15 is 0 Å². The average Bonchev–Trinajstić information content (AvgIpc) is 2.53. The van der Waals surface area contributed by atoms with Gasteiger partial charge in [-0.2, -0.15) is 5.26 Å². The molecule has 2 atom stereocenters. The van der Waals surface area contributed by atoms with Crippen LogP contribution in [0.1, 0.15) is 64.0 Å². The van der Waals surface area contributed by atoms with Gasteiger partial charge >= 0.3 is 6.09 Å². The van der Waals surface area contributed by atoms with Crippen molar-refractivity contribution in [3.05, 3.63) is 35.4 Å². The van der Waals surface area contributed by atoms with Gasteiger partial charge in [-0.15, -0.1) is 0 Å². The second-order valence-corrected chi connectivity index (χ2v) is 8.60. The van der Waals surface area contributed by atoms with Crippen LogP contribution in [0.15, 0.2) is 24.3 Å². The molecule has 1 amide bonds. The predicted molar refractivity (Wildman–Crippen MR) is 98.4 cm³/mol. The predicted octanol–water partition coefficient (Wildman–Crippen LogP) is 3.89. The van der Waals surface area contributed by atoms with Gasteiger partial charge in [0.25, 0.3) is 0 Å². The molecule has 3 rings (SSSR count). The van der Waals surface area contributed by atoms with Crippen molar-refractivity contribution in [2.45, 2.75) is 82.6 Å². The SMILES string of the molecule is CC(C)(C)OC(=O)N1C2CCCC1CC(O)(c1ccc(CC#N)cc1)C2. The smallest absolute Gasteiger partial charge is 0.410 e. The molecule has 1 aromatic rings. The maximum Gasteiger partial charge on any atom is 0.410 e. The third-order valence-corrected chi connectivity index (χ3v) is 5.39. The summed E-state index contributed by atoms with van der Waals surface area (Å²) < 4.78 is 5.60. The molecule has 5 nitrogen and oxygen atoms in total. The Balaban J connectivity index is 1.80. The molecule has 2 saturated heterocycles. The van der Waals surface area contributed by atoms with E-state index < -0.39 is 11.2 Å². The molecule has 5 heteroatoms. The van der Waals surface area contributed by atoms with Gasteiger partial charge in [0.05, 0.1) is 18.1 Å². The van der Waals surface area contributed by atoms with Crippen molar-refractivity contribution in [3.8, 4) is 6.07 Å². The minimum absolute atomic E-state index is 0.00105. The summed E-state index contributed by atoms with van der Waals surface area (Å²) in [5.41, 5.74) is 0.376. The summed E-state index contributed by atoms with van der Waals surface area (Å²) in [4.78, 5) is 14.6. The zero-order valence-electron chi connectivity index (χ0n) is 15.9. The van der Waals surface area contributed by atoms with Crippen LogP contribution in [0.4, 0.5) is 4.79 Å². The van der Waals surface area contributed by atoms with Crippen LogP contribution in [0.25, 0.3) is 0 Å². The molecule has 2 fully saturated rings. The number of fused-ring (bicyclic) bond motifs is 2. The van der Waals surface area contributed by atoms with Gasteiger partial charge in [0.15, 0.2) is 0 Å². The summed E-state index contributed by atoms with van der Waals surface area (Å²) in [5.74, 6) is 0. The van der Waals surface area contributed by atoms with Crippen molar-refractivity contribution in [2.24, 2.45) is 0 Å². The van der Waals surface area contributed by atoms with Crippen molar-refractivity contribution in [2.75, 3.05) is 0 Å². The van der Waals surface area contributed by atoms with Crippen LogP contribution in [0.2, 0.25) is 0 Å². The molecule has 0 spiro atoms. The fourth-order valence-corrected chi connectivity index (χ4v) is 4.30. The molecular formula is C21H28N2O3. The molecule has 2 bridgehead atoms. The lowest BCUT2D eigenvalue weighted by atomic mass is 9.72. The summed E-state index contributed by atoms with van der Waals surface area (Å²) in [6.07, 6.45) is 4.02. The second-order valence-electron chi connectivity index (χ2n) is 8.60. The zero-order valence-corrected chi connectivity index (χ0v) is 15.9. The highest BCUT2D eigenvalue weighted by Gasteiger charge is 2.49. The van der Waals surface area contributed by atoms with Crippen molar-refractivity contribution < 1.29 is 14.6 Å². The van der Waals surface area contributed by atoms with E-state index in [0.29, 0.717) is 19.3 Å². The average molecular weight is 356 g/mol. The summed E-state index contributed by atoms with van der Waals surface area (Å²) in [5, 5.41) is 20.2. The Morgan fingerprint density at radius 2 is 1.85 bits per heavy atom. The maximum absolute atomic E-state index is 12.7. The van der Waals surface area contributed by atoms with Gasteiger partial charge in [0.2, 0.25) is 0 Å². The van der Waals surface area contributed by atoms with E-state index in [1.807, 2.05) is 49.9 Å². The fourth-order valence-electron chi connectivity index (χ4n) is 4.30. The molecule has 1 aromatic carbocycles. The molecule has 0 aromatic heterocycles. The van der Waals surface area contributed by atoms with Crippen molar-refractivity contribution in [1.29, 1.82) is 5.26 Å². The number of carbonyl (C=O) groups is 1. The van der Waals surface area contributed by atoms with Gasteiger partial charge in [-0.3, -0.25) is 0 Å². The Morgan fingerprint density at radius 3 is 2.35 bits per heavy atom. The number of benzene rings is 1. The first-order valence-corrected chi connectivity index (χ1v) is 9.42. The Morgan fingerprint density at radius 1 is 1.27 bits per heavy atom. The molecule has 2 heterocycles. The van der Waals surface area contributed by atoms with Crippen molar-refractivity contribution in [3.63, 3.8) is 0 Å². The van der Waals surface area contributed by atoms with Gasteiger partial charge in [-0.1, -0.05) is 24.3 Å². The Hall–Kier alpha value is -2.06. The largest absolute Gasteiger partial charge is 0.444 e. The number of piperidine rings is 2. The number of amides is 1. The number of ether oxygens (including phenoxy) is 1. The van der Waals surface area contributed by atoms with Gasteiger partial charge in [0, 0.05) is 24.9 Å². The summed E-state index contributed by atoms with van der Waals surface area (Å²) in [6.45, 7) is 5.64. The monoisotopic (exact) mass is 356 g/mol. The standard InChI is InChI=1S/C21H28N2O3/c1-20(2,3)26-19(24)23-17-5-4-6-18(23)14-21(25,13-17)16-9-7-15(8-10-16)11-12-22/h7-10,17-18,25H,4-6,11,13-14H2,1-3H3. The van der Waals surface area contributed by atoms with Crippen LogP contribution in [0.5, 0.6) is 0 Å². The van der Waals surface area contributed by atoms with Crippen molar-refractivity contribution >= 4 is 6.09 Å². The first-order valence-electron chi connectivity index (χ1n) is 9.42. The Kier molecular flexibility index (Phi) is 4.98. The minimum Gasteiger partial charge on any atom is -0.444 e. The molecule has 26 heavy (non-hydrogen) atoms. The van der Waals surface area contributed by atoms with Crippen LogP contribution in [-0.2, 0) is 16.8 Å². The molecule has 1 N–H and O–H groups in total. The molecule has 140 valence electrons. The first kappa shape index (κ1) is 18.7. The number of hydrogen-bond donors (Lipinski definition) is 1. The maximum atomic E-state index is 12.7. The quantitative estimate of drug-likeness (QED) is 0.872. The first-order chi connectivity index (χ1) is 12.2. The number of nitrogens with zero attached hydrogens (tertiary/aromatic N) is 2. The minimum atomic E-state index is -0.931. The van der Waals surface area contributed by atoms with Crippen LogP contribution in [0.3, 0.4) is 0 Å². The molecule has 0 saturated carbocycles. The molecule has 0 radical (unpaired) electrons. The highest BCUT2D eigenvalue weighted by atomic mass is 16.6. The molecular weight excluding hydrogens is 328 g/mol. The fraction of sp³-hybridized carbons (Fsp3) is 0.619. The molecule has 2 unspecified atom stereocenters. The summed E-state index contributed by atoms with van der Waals surface area (Å²) in [7, 11) is 0. The lowest BCUT2D eigenvalue weighted by Gasteiger charge is -2.51. The van der Waals surface area contributed by atoms with Crippen molar-refractivity contribution in [1.82, 2.24) is 4.90 Å². The second kappa shape index (κ2) is 6.92. The van der Waals surface area contributed by atoms with E-state index in [1.165, 1.54) is 0 Å². The lowest BCUT2D eigenvalue weighted by Crippen LogP contribution is -2.59. The highest BCUT2D eigenvalue weighted by molar-refractivity contribution is 5.69. The number of carbonyl (C=O) groups excluding carboxylic acids is 1. The van der Waals surface area contributed by atoms with Crippen LogP contribution in [0, 0.1) is 11.3 Å². The Labute approximate surface area is 155 Å². The van der Waals surface area contributed by atoms with Gasteiger partial charge in [-0.05, 0) is 51.2 Å². The molecule has 0 aliphatic carbocycles. The Bertz CT molecular complexity index is 685. The van der Waals surface area contributed by atoms with Gasteiger partial charge in [0.1, 0.15) is 5.60 Å².